The zero-order valence-corrected chi connectivity index (χ0v) is 14.6. The fourth-order valence-electron chi connectivity index (χ4n) is 1.74. The Labute approximate surface area is 142 Å². The zero-order valence-electron chi connectivity index (χ0n) is 12.2. The Bertz CT molecular complexity index is 789. The van der Waals surface area contributed by atoms with Crippen LogP contribution in [0.2, 0.25) is 0 Å². The number of halogens is 1. The molecule has 0 unspecified atom stereocenters. The molecule has 0 aliphatic heterocycles. The molecule has 0 bridgehead atoms. The predicted octanol–water partition coefficient (Wildman–Crippen LogP) is 2.50. The van der Waals surface area contributed by atoms with Crippen molar-refractivity contribution in [1.29, 1.82) is 0 Å². The van der Waals surface area contributed by atoms with Crippen LogP contribution in [0.4, 0.5) is 5.69 Å². The topological polar surface area (TPSA) is 98.5 Å². The molecule has 1 atom stereocenters. The number of anilines is 1. The number of nitrogens with two attached hydrogens (primary N) is 1. The summed E-state index contributed by atoms with van der Waals surface area (Å²) in [5.74, 6) is 0.219. The molecule has 0 aromatic heterocycles. The van der Waals surface area contributed by atoms with Crippen molar-refractivity contribution in [3.63, 3.8) is 0 Å². The summed E-state index contributed by atoms with van der Waals surface area (Å²) in [5.41, 5.74) is 0.452. The number of carbonyl (C=O) groups is 1. The molecule has 2 rings (SSSR count). The summed E-state index contributed by atoms with van der Waals surface area (Å²) in [4.78, 5) is 12.1. The third-order valence-corrected chi connectivity index (χ3v) is 4.40. The van der Waals surface area contributed by atoms with Gasteiger partial charge in [0.2, 0.25) is 10.0 Å². The highest BCUT2D eigenvalue weighted by Gasteiger charge is 2.15. The number of primary sulfonamides is 1. The van der Waals surface area contributed by atoms with Crippen molar-refractivity contribution in [2.24, 2.45) is 5.14 Å². The fourth-order valence-corrected chi connectivity index (χ4v) is 2.52. The summed E-state index contributed by atoms with van der Waals surface area (Å²) in [6.07, 6.45) is -0.714. The minimum Gasteiger partial charge on any atom is -0.481 e. The minimum atomic E-state index is -3.75. The van der Waals surface area contributed by atoms with Gasteiger partial charge in [0.15, 0.2) is 6.10 Å². The number of rotatable bonds is 5. The molecular formula is C15H15BrN2O4S. The number of hydrogen-bond donors (Lipinski definition) is 2. The van der Waals surface area contributed by atoms with E-state index in [0.29, 0.717) is 11.4 Å². The molecule has 2 aromatic carbocycles. The van der Waals surface area contributed by atoms with E-state index in [1.165, 1.54) is 24.3 Å². The van der Waals surface area contributed by atoms with Gasteiger partial charge in [0.05, 0.1) is 4.90 Å². The maximum atomic E-state index is 12.1. The zero-order chi connectivity index (χ0) is 17.0. The molecule has 6 nitrogen and oxygen atoms in total. The number of nitrogens with one attached hydrogen (secondary N) is 1. The maximum Gasteiger partial charge on any atom is 0.265 e. The average molecular weight is 399 g/mol. The van der Waals surface area contributed by atoms with Crippen LogP contribution in [-0.2, 0) is 14.8 Å². The predicted molar refractivity (Wildman–Crippen MR) is 90.7 cm³/mol. The smallest absolute Gasteiger partial charge is 0.265 e. The highest BCUT2D eigenvalue weighted by molar-refractivity contribution is 9.10. The Morgan fingerprint density at radius 3 is 2.22 bits per heavy atom. The van der Waals surface area contributed by atoms with E-state index < -0.39 is 16.1 Å². The molecule has 0 saturated heterocycles. The summed E-state index contributed by atoms with van der Waals surface area (Å²) < 4.78 is 28.8. The maximum absolute atomic E-state index is 12.1. The van der Waals surface area contributed by atoms with Gasteiger partial charge in [0.25, 0.3) is 5.91 Å². The van der Waals surface area contributed by atoms with E-state index in [2.05, 4.69) is 21.2 Å². The van der Waals surface area contributed by atoms with Gasteiger partial charge >= 0.3 is 0 Å². The van der Waals surface area contributed by atoms with Gasteiger partial charge in [-0.3, -0.25) is 4.79 Å². The normalized spacial score (nSPS) is 12.5. The highest BCUT2D eigenvalue weighted by Crippen LogP contribution is 2.18. The number of sulfonamides is 1. The van der Waals surface area contributed by atoms with Crippen LogP contribution in [0.5, 0.6) is 5.75 Å². The van der Waals surface area contributed by atoms with E-state index in [0.717, 1.165) is 4.47 Å². The first kappa shape index (κ1) is 17.5. The molecule has 0 spiro atoms. The van der Waals surface area contributed by atoms with Crippen molar-refractivity contribution in [2.45, 2.75) is 17.9 Å². The molecule has 0 aliphatic rings. The van der Waals surface area contributed by atoms with Crippen LogP contribution in [0.15, 0.2) is 57.9 Å². The van der Waals surface area contributed by atoms with E-state index in [1.54, 1.807) is 19.1 Å². The first-order valence-corrected chi connectivity index (χ1v) is 8.95. The van der Waals surface area contributed by atoms with Crippen LogP contribution in [0.3, 0.4) is 0 Å². The monoisotopic (exact) mass is 398 g/mol. The lowest BCUT2D eigenvalue weighted by molar-refractivity contribution is -0.122. The molecule has 122 valence electrons. The second-order valence-electron chi connectivity index (χ2n) is 4.77. The van der Waals surface area contributed by atoms with Crippen molar-refractivity contribution < 1.29 is 17.9 Å². The van der Waals surface area contributed by atoms with E-state index in [4.69, 9.17) is 9.88 Å². The highest BCUT2D eigenvalue weighted by atomic mass is 79.9. The Hall–Kier alpha value is -1.90. The minimum absolute atomic E-state index is 0.0188. The lowest BCUT2D eigenvalue weighted by Gasteiger charge is -2.15. The molecule has 0 saturated carbocycles. The van der Waals surface area contributed by atoms with Crippen LogP contribution in [0.1, 0.15) is 6.92 Å². The van der Waals surface area contributed by atoms with Gasteiger partial charge in [0.1, 0.15) is 5.75 Å². The Morgan fingerprint density at radius 2 is 1.70 bits per heavy atom. The Balaban J connectivity index is 1.99. The van der Waals surface area contributed by atoms with Gasteiger partial charge in [-0.1, -0.05) is 15.9 Å². The van der Waals surface area contributed by atoms with Crippen LogP contribution < -0.4 is 15.2 Å². The van der Waals surface area contributed by atoms with Crippen LogP contribution in [-0.4, -0.2) is 20.4 Å². The molecular weight excluding hydrogens is 384 g/mol. The molecule has 23 heavy (non-hydrogen) atoms. The van der Waals surface area contributed by atoms with E-state index in [1.807, 2.05) is 12.1 Å². The summed E-state index contributed by atoms with van der Waals surface area (Å²) >= 11 is 3.32. The van der Waals surface area contributed by atoms with Gasteiger partial charge in [-0.05, 0) is 55.5 Å². The van der Waals surface area contributed by atoms with Crippen molar-refractivity contribution in [1.82, 2.24) is 0 Å². The number of ether oxygens (including phenoxy) is 1. The van der Waals surface area contributed by atoms with Gasteiger partial charge in [-0.15, -0.1) is 0 Å². The van der Waals surface area contributed by atoms with Crippen molar-refractivity contribution in [3.8, 4) is 5.75 Å². The third-order valence-electron chi connectivity index (χ3n) is 2.95. The SMILES string of the molecule is C[C@@H](Oc1ccc(Br)cc1)C(=O)Nc1ccc(S(N)(=O)=O)cc1. The van der Waals surface area contributed by atoms with Gasteiger partial charge in [-0.25, -0.2) is 13.6 Å². The first-order chi connectivity index (χ1) is 10.8. The number of amides is 1. The summed E-state index contributed by atoms with van der Waals surface area (Å²) in [6, 6.07) is 12.7. The fraction of sp³-hybridized carbons (Fsp3) is 0.133. The van der Waals surface area contributed by atoms with Crippen LogP contribution in [0.25, 0.3) is 0 Å². The number of carbonyl (C=O) groups excluding carboxylic acids is 1. The summed E-state index contributed by atoms with van der Waals surface area (Å²) in [5, 5.41) is 7.66. The third kappa shape index (κ3) is 5.05. The van der Waals surface area contributed by atoms with Crippen molar-refractivity contribution in [2.75, 3.05) is 5.32 Å². The van der Waals surface area contributed by atoms with Gasteiger partial charge in [0, 0.05) is 10.2 Å². The molecule has 2 aromatic rings. The number of benzene rings is 2. The summed E-state index contributed by atoms with van der Waals surface area (Å²) in [7, 11) is -3.75. The molecule has 8 heteroatoms. The number of hydrogen-bond acceptors (Lipinski definition) is 4. The van der Waals surface area contributed by atoms with Gasteiger partial charge < -0.3 is 10.1 Å². The molecule has 0 aliphatic carbocycles. The second kappa shape index (κ2) is 7.12. The van der Waals surface area contributed by atoms with E-state index >= 15 is 0 Å². The molecule has 3 N–H and O–H groups in total. The lowest BCUT2D eigenvalue weighted by atomic mass is 10.3. The van der Waals surface area contributed by atoms with Crippen molar-refractivity contribution in [3.05, 3.63) is 53.0 Å². The Kier molecular flexibility index (Phi) is 5.40. The molecule has 0 fully saturated rings. The quantitative estimate of drug-likeness (QED) is 0.807. The van der Waals surface area contributed by atoms with Crippen molar-refractivity contribution >= 4 is 37.5 Å². The molecule has 0 heterocycles. The standard InChI is InChI=1S/C15H15BrN2O4S/c1-10(22-13-6-2-11(16)3-7-13)15(19)18-12-4-8-14(9-5-12)23(17,20)21/h2-10H,1H3,(H,18,19)(H2,17,20,21)/t10-/m1/s1. The van der Waals surface area contributed by atoms with Gasteiger partial charge in [-0.2, -0.15) is 0 Å². The van der Waals surface area contributed by atoms with Crippen LogP contribution in [0, 0.1) is 0 Å². The largest absolute Gasteiger partial charge is 0.481 e. The first-order valence-electron chi connectivity index (χ1n) is 6.61. The van der Waals surface area contributed by atoms with E-state index in [-0.39, 0.29) is 10.8 Å². The summed E-state index contributed by atoms with van der Waals surface area (Å²) in [6.45, 7) is 1.62. The molecule has 0 radical (unpaired) electrons. The lowest BCUT2D eigenvalue weighted by Crippen LogP contribution is -2.30. The Morgan fingerprint density at radius 1 is 1.13 bits per heavy atom. The average Bonchev–Trinajstić information content (AvgIpc) is 2.49. The van der Waals surface area contributed by atoms with Crippen LogP contribution >= 0.6 is 15.9 Å². The second-order valence-corrected chi connectivity index (χ2v) is 7.25. The molecule has 1 amide bonds. The van der Waals surface area contributed by atoms with E-state index in [9.17, 15) is 13.2 Å².